The highest BCUT2D eigenvalue weighted by atomic mass is 32.2. The summed E-state index contributed by atoms with van der Waals surface area (Å²) >= 11 is 0. The lowest BCUT2D eigenvalue weighted by molar-refractivity contribution is -0.137. The Hall–Kier alpha value is -1.28. The van der Waals surface area contributed by atoms with Gasteiger partial charge in [-0.05, 0) is 37.1 Å². The monoisotopic (exact) mass is 325 g/mol. The van der Waals surface area contributed by atoms with Gasteiger partial charge in [0, 0.05) is 18.8 Å². The van der Waals surface area contributed by atoms with Crippen LogP contribution in [0, 0.1) is 0 Å². The van der Waals surface area contributed by atoms with Crippen LogP contribution in [0.4, 0.5) is 18.9 Å². The van der Waals surface area contributed by atoms with E-state index in [2.05, 4.69) is 0 Å². The van der Waals surface area contributed by atoms with E-state index in [9.17, 15) is 21.6 Å². The Morgan fingerprint density at radius 3 is 2.14 bits per heavy atom. The average Bonchev–Trinajstić information content (AvgIpc) is 2.35. The van der Waals surface area contributed by atoms with Gasteiger partial charge in [0.25, 0.3) is 10.1 Å². The van der Waals surface area contributed by atoms with Gasteiger partial charge in [0.05, 0.1) is 11.3 Å². The predicted octanol–water partition coefficient (Wildman–Crippen LogP) is 3.20. The van der Waals surface area contributed by atoms with Gasteiger partial charge in [0.2, 0.25) is 0 Å². The Labute approximate surface area is 122 Å². The van der Waals surface area contributed by atoms with Crippen LogP contribution in [-0.4, -0.2) is 31.8 Å². The minimum Gasteiger partial charge on any atom is -0.372 e. The minimum atomic E-state index is -4.38. The molecule has 4 nitrogen and oxygen atoms in total. The molecule has 0 aliphatic rings. The van der Waals surface area contributed by atoms with Crippen molar-refractivity contribution in [2.75, 3.05) is 23.7 Å². The number of hydrogen-bond acceptors (Lipinski definition) is 3. The molecule has 0 aliphatic carbocycles. The molecule has 0 aromatic heterocycles. The van der Waals surface area contributed by atoms with E-state index >= 15 is 0 Å². The van der Waals surface area contributed by atoms with Crippen molar-refractivity contribution >= 4 is 15.8 Å². The van der Waals surface area contributed by atoms with E-state index in [1.165, 1.54) is 12.1 Å². The third-order valence-electron chi connectivity index (χ3n) is 2.88. The SMILES string of the molecule is CCCN(CCCS(=O)(=O)O)c1ccc(C(F)(F)F)cc1. The van der Waals surface area contributed by atoms with Gasteiger partial charge in [0.15, 0.2) is 0 Å². The van der Waals surface area contributed by atoms with Gasteiger partial charge in [-0.1, -0.05) is 6.92 Å². The first kappa shape index (κ1) is 17.8. The van der Waals surface area contributed by atoms with Crippen molar-refractivity contribution in [3.63, 3.8) is 0 Å². The molecule has 0 amide bonds. The van der Waals surface area contributed by atoms with Crippen molar-refractivity contribution in [3.8, 4) is 0 Å². The number of rotatable bonds is 7. The molecule has 0 heterocycles. The molecular formula is C13H18F3NO3S. The summed E-state index contributed by atoms with van der Waals surface area (Å²) in [4.78, 5) is 1.80. The van der Waals surface area contributed by atoms with Crippen LogP contribution in [0.3, 0.4) is 0 Å². The van der Waals surface area contributed by atoms with E-state index in [0.29, 0.717) is 18.8 Å². The lowest BCUT2D eigenvalue weighted by Gasteiger charge is -2.24. The van der Waals surface area contributed by atoms with Gasteiger partial charge in [0.1, 0.15) is 0 Å². The van der Waals surface area contributed by atoms with Crippen LogP contribution in [0.5, 0.6) is 0 Å². The maximum Gasteiger partial charge on any atom is 0.416 e. The zero-order valence-electron chi connectivity index (χ0n) is 11.6. The van der Waals surface area contributed by atoms with Gasteiger partial charge >= 0.3 is 6.18 Å². The quantitative estimate of drug-likeness (QED) is 0.782. The molecule has 1 N–H and O–H groups in total. The molecule has 0 radical (unpaired) electrons. The summed E-state index contributed by atoms with van der Waals surface area (Å²) in [6.45, 7) is 2.86. The van der Waals surface area contributed by atoms with Crippen molar-refractivity contribution in [3.05, 3.63) is 29.8 Å². The van der Waals surface area contributed by atoms with Crippen LogP contribution in [0.2, 0.25) is 0 Å². The van der Waals surface area contributed by atoms with Crippen LogP contribution in [-0.2, 0) is 16.3 Å². The second-order valence-corrected chi connectivity index (χ2v) is 6.24. The van der Waals surface area contributed by atoms with Crippen molar-refractivity contribution in [1.29, 1.82) is 0 Å². The number of halogens is 3. The number of nitrogens with zero attached hydrogens (tertiary/aromatic N) is 1. The molecule has 0 saturated heterocycles. The first-order valence-electron chi connectivity index (χ1n) is 6.51. The first-order valence-corrected chi connectivity index (χ1v) is 8.12. The Morgan fingerprint density at radius 2 is 1.71 bits per heavy atom. The Kier molecular flexibility index (Phi) is 6.03. The Balaban J connectivity index is 2.76. The molecule has 0 aliphatic heterocycles. The number of hydrogen-bond donors (Lipinski definition) is 1. The highest BCUT2D eigenvalue weighted by Gasteiger charge is 2.30. The Morgan fingerprint density at radius 1 is 1.14 bits per heavy atom. The molecule has 0 unspecified atom stereocenters. The molecule has 120 valence electrons. The van der Waals surface area contributed by atoms with E-state index in [0.717, 1.165) is 18.6 Å². The van der Waals surface area contributed by atoms with Crippen molar-refractivity contribution in [2.45, 2.75) is 25.9 Å². The fourth-order valence-corrected chi connectivity index (χ4v) is 2.43. The number of anilines is 1. The maximum atomic E-state index is 12.5. The van der Waals surface area contributed by atoms with E-state index in [4.69, 9.17) is 4.55 Å². The van der Waals surface area contributed by atoms with E-state index in [-0.39, 0.29) is 12.2 Å². The molecule has 0 bridgehead atoms. The van der Waals surface area contributed by atoms with Gasteiger partial charge in [-0.25, -0.2) is 0 Å². The van der Waals surface area contributed by atoms with E-state index in [1.54, 1.807) is 4.90 Å². The normalized spacial score (nSPS) is 12.4. The Bertz CT molecular complexity index is 541. The second-order valence-electron chi connectivity index (χ2n) is 4.67. The lowest BCUT2D eigenvalue weighted by Crippen LogP contribution is -2.26. The highest BCUT2D eigenvalue weighted by Crippen LogP contribution is 2.30. The zero-order valence-corrected chi connectivity index (χ0v) is 12.4. The van der Waals surface area contributed by atoms with Gasteiger partial charge in [-0.3, -0.25) is 4.55 Å². The number of alkyl halides is 3. The van der Waals surface area contributed by atoms with Crippen molar-refractivity contribution in [2.24, 2.45) is 0 Å². The fourth-order valence-electron chi connectivity index (χ4n) is 1.94. The molecule has 8 heteroatoms. The van der Waals surface area contributed by atoms with Gasteiger partial charge < -0.3 is 4.90 Å². The molecule has 1 aromatic carbocycles. The summed E-state index contributed by atoms with van der Waals surface area (Å²) in [6, 6.07) is 4.74. The molecule has 1 rings (SSSR count). The van der Waals surface area contributed by atoms with Crippen LogP contribution >= 0.6 is 0 Å². The third kappa shape index (κ3) is 6.34. The van der Waals surface area contributed by atoms with Crippen LogP contribution in [0.1, 0.15) is 25.3 Å². The van der Waals surface area contributed by atoms with Gasteiger partial charge in [-0.2, -0.15) is 21.6 Å². The third-order valence-corrected chi connectivity index (χ3v) is 3.69. The molecular weight excluding hydrogens is 307 g/mol. The highest BCUT2D eigenvalue weighted by molar-refractivity contribution is 7.85. The molecule has 0 spiro atoms. The summed E-state index contributed by atoms with van der Waals surface area (Å²) in [6.07, 6.45) is -3.40. The molecule has 21 heavy (non-hydrogen) atoms. The zero-order chi connectivity index (χ0) is 16.1. The van der Waals surface area contributed by atoms with Gasteiger partial charge in [-0.15, -0.1) is 0 Å². The predicted molar refractivity (Wildman–Crippen MR) is 75.0 cm³/mol. The molecule has 0 saturated carbocycles. The van der Waals surface area contributed by atoms with E-state index < -0.39 is 21.9 Å². The summed E-state index contributed by atoms with van der Waals surface area (Å²) < 4.78 is 67.5. The summed E-state index contributed by atoms with van der Waals surface area (Å²) in [5, 5.41) is 0. The fraction of sp³-hybridized carbons (Fsp3) is 0.538. The minimum absolute atomic E-state index is 0.208. The largest absolute Gasteiger partial charge is 0.416 e. The second kappa shape index (κ2) is 7.13. The lowest BCUT2D eigenvalue weighted by atomic mass is 10.2. The van der Waals surface area contributed by atoms with Crippen molar-refractivity contribution < 1.29 is 26.1 Å². The number of benzene rings is 1. The molecule has 1 aromatic rings. The van der Waals surface area contributed by atoms with Crippen LogP contribution in [0.25, 0.3) is 0 Å². The average molecular weight is 325 g/mol. The standard InChI is InChI=1S/C13H18F3NO3S/c1-2-8-17(9-3-10-21(18,19)20)12-6-4-11(5-7-12)13(14,15)16/h4-7H,2-3,8-10H2,1H3,(H,18,19,20). The summed E-state index contributed by atoms with van der Waals surface area (Å²) in [5.74, 6) is -0.367. The smallest absolute Gasteiger partial charge is 0.372 e. The van der Waals surface area contributed by atoms with E-state index in [1.807, 2.05) is 6.92 Å². The first-order chi connectivity index (χ1) is 9.63. The summed E-state index contributed by atoms with van der Waals surface area (Å²) in [7, 11) is -4.02. The van der Waals surface area contributed by atoms with Crippen LogP contribution < -0.4 is 4.90 Å². The van der Waals surface area contributed by atoms with Crippen LogP contribution in [0.15, 0.2) is 24.3 Å². The summed E-state index contributed by atoms with van der Waals surface area (Å²) in [5.41, 5.74) is -0.124. The molecule has 0 atom stereocenters. The van der Waals surface area contributed by atoms with Crippen molar-refractivity contribution in [1.82, 2.24) is 0 Å². The topological polar surface area (TPSA) is 57.6 Å². The maximum absolute atomic E-state index is 12.5. The molecule has 0 fully saturated rings.